The second kappa shape index (κ2) is 6.32. The summed E-state index contributed by atoms with van der Waals surface area (Å²) in [5, 5.41) is 13.6. The Labute approximate surface area is 134 Å². The number of aryl methyl sites for hydroxylation is 1. The van der Waals surface area contributed by atoms with Crippen LogP contribution in [0.5, 0.6) is 0 Å². The molecule has 3 heterocycles. The number of hydrogen-bond donors (Lipinski definition) is 1. The molecule has 3 aromatic rings. The Bertz CT molecular complexity index is 793. The SMILES string of the molecule is CC(=O)Nc1nc(CSc2nnc(-c3ccoc3C)o2)cs1. The van der Waals surface area contributed by atoms with Gasteiger partial charge in [-0.2, -0.15) is 0 Å². The molecule has 0 saturated carbocycles. The van der Waals surface area contributed by atoms with E-state index in [1.165, 1.54) is 30.0 Å². The fourth-order valence-corrected chi connectivity index (χ4v) is 3.22. The van der Waals surface area contributed by atoms with Gasteiger partial charge in [0.2, 0.25) is 5.91 Å². The molecular formula is C13H12N4O3S2. The van der Waals surface area contributed by atoms with Gasteiger partial charge in [0, 0.05) is 18.1 Å². The second-order valence-electron chi connectivity index (χ2n) is 4.38. The van der Waals surface area contributed by atoms with Crippen LogP contribution in [0.1, 0.15) is 18.4 Å². The molecule has 0 saturated heterocycles. The molecule has 0 aliphatic heterocycles. The van der Waals surface area contributed by atoms with E-state index in [1.807, 2.05) is 12.3 Å². The summed E-state index contributed by atoms with van der Waals surface area (Å²) in [6.07, 6.45) is 1.58. The van der Waals surface area contributed by atoms with E-state index in [2.05, 4.69) is 20.5 Å². The molecule has 0 fully saturated rings. The van der Waals surface area contributed by atoms with E-state index >= 15 is 0 Å². The van der Waals surface area contributed by atoms with Crippen LogP contribution in [0.25, 0.3) is 11.5 Å². The fourth-order valence-electron chi connectivity index (χ4n) is 1.70. The van der Waals surface area contributed by atoms with Crippen molar-refractivity contribution in [2.24, 2.45) is 0 Å². The van der Waals surface area contributed by atoms with Crippen molar-refractivity contribution in [1.29, 1.82) is 0 Å². The molecule has 9 heteroatoms. The van der Waals surface area contributed by atoms with E-state index in [1.54, 1.807) is 12.3 Å². The topological polar surface area (TPSA) is 94.1 Å². The first kappa shape index (κ1) is 14.8. The summed E-state index contributed by atoms with van der Waals surface area (Å²) >= 11 is 2.77. The molecule has 3 aromatic heterocycles. The van der Waals surface area contributed by atoms with E-state index < -0.39 is 0 Å². The van der Waals surface area contributed by atoms with Crippen molar-refractivity contribution in [3.05, 3.63) is 29.2 Å². The zero-order chi connectivity index (χ0) is 15.5. The highest BCUT2D eigenvalue weighted by Crippen LogP contribution is 2.28. The number of rotatable bonds is 5. The third-order valence-corrected chi connectivity index (χ3v) is 4.33. The Balaban J connectivity index is 1.62. The maximum Gasteiger partial charge on any atom is 0.277 e. The van der Waals surface area contributed by atoms with Gasteiger partial charge in [-0.1, -0.05) is 11.8 Å². The van der Waals surface area contributed by atoms with Crippen LogP contribution in [0.4, 0.5) is 5.13 Å². The Morgan fingerprint density at radius 2 is 2.32 bits per heavy atom. The van der Waals surface area contributed by atoms with Crippen molar-refractivity contribution in [2.75, 3.05) is 5.32 Å². The largest absolute Gasteiger partial charge is 0.469 e. The van der Waals surface area contributed by atoms with Gasteiger partial charge in [-0.25, -0.2) is 4.98 Å². The summed E-state index contributed by atoms with van der Waals surface area (Å²) in [6, 6.07) is 1.79. The Morgan fingerprint density at radius 1 is 1.45 bits per heavy atom. The minimum absolute atomic E-state index is 0.134. The molecule has 0 aliphatic rings. The summed E-state index contributed by atoms with van der Waals surface area (Å²) < 4.78 is 10.8. The zero-order valence-corrected chi connectivity index (χ0v) is 13.5. The summed E-state index contributed by atoms with van der Waals surface area (Å²) in [7, 11) is 0. The van der Waals surface area contributed by atoms with Crippen LogP contribution in [-0.4, -0.2) is 21.1 Å². The van der Waals surface area contributed by atoms with Gasteiger partial charge in [0.05, 0.1) is 17.5 Å². The first-order valence-electron chi connectivity index (χ1n) is 6.34. The number of carbonyl (C=O) groups excluding carboxylic acids is 1. The molecule has 114 valence electrons. The molecule has 0 aliphatic carbocycles. The molecule has 0 atom stereocenters. The summed E-state index contributed by atoms with van der Waals surface area (Å²) in [4.78, 5) is 15.3. The Hall–Kier alpha value is -2.13. The summed E-state index contributed by atoms with van der Waals surface area (Å²) in [6.45, 7) is 3.29. The third kappa shape index (κ3) is 3.37. The normalized spacial score (nSPS) is 10.8. The molecule has 3 rings (SSSR count). The second-order valence-corrected chi connectivity index (χ2v) is 6.16. The van der Waals surface area contributed by atoms with Crippen LogP contribution in [0.15, 0.2) is 31.8 Å². The van der Waals surface area contributed by atoms with E-state index in [9.17, 15) is 4.79 Å². The number of aromatic nitrogens is 3. The number of anilines is 1. The maximum absolute atomic E-state index is 11.0. The van der Waals surface area contributed by atoms with Crippen LogP contribution in [-0.2, 0) is 10.5 Å². The highest BCUT2D eigenvalue weighted by Gasteiger charge is 2.14. The van der Waals surface area contributed by atoms with Crippen molar-refractivity contribution in [1.82, 2.24) is 15.2 Å². The quantitative estimate of drug-likeness (QED) is 0.714. The van der Waals surface area contributed by atoms with Crippen molar-refractivity contribution < 1.29 is 13.6 Å². The molecule has 7 nitrogen and oxygen atoms in total. The summed E-state index contributed by atoms with van der Waals surface area (Å²) in [5.41, 5.74) is 1.64. The number of furan rings is 1. The number of amides is 1. The average Bonchev–Trinajstić information content (AvgIpc) is 3.16. The van der Waals surface area contributed by atoms with Crippen LogP contribution < -0.4 is 5.32 Å². The minimum atomic E-state index is -0.134. The molecule has 0 spiro atoms. The van der Waals surface area contributed by atoms with Crippen LogP contribution in [0.3, 0.4) is 0 Å². The molecule has 1 N–H and O–H groups in total. The van der Waals surface area contributed by atoms with Crippen molar-refractivity contribution in [3.63, 3.8) is 0 Å². The van der Waals surface area contributed by atoms with Crippen LogP contribution >= 0.6 is 23.1 Å². The molecule has 1 amide bonds. The predicted octanol–water partition coefficient (Wildman–Crippen LogP) is 3.35. The molecule has 0 bridgehead atoms. The number of thiazole rings is 1. The Morgan fingerprint density at radius 3 is 3.05 bits per heavy atom. The van der Waals surface area contributed by atoms with Crippen molar-refractivity contribution in [2.45, 2.75) is 24.8 Å². The molecule has 0 aromatic carbocycles. The van der Waals surface area contributed by atoms with E-state index in [-0.39, 0.29) is 5.91 Å². The van der Waals surface area contributed by atoms with Gasteiger partial charge in [0.25, 0.3) is 11.1 Å². The van der Waals surface area contributed by atoms with E-state index in [4.69, 9.17) is 8.83 Å². The highest BCUT2D eigenvalue weighted by atomic mass is 32.2. The number of thioether (sulfide) groups is 1. The molecule has 0 unspecified atom stereocenters. The first-order valence-corrected chi connectivity index (χ1v) is 8.21. The van der Waals surface area contributed by atoms with Gasteiger partial charge >= 0.3 is 0 Å². The minimum Gasteiger partial charge on any atom is -0.469 e. The van der Waals surface area contributed by atoms with E-state index in [0.717, 1.165) is 17.0 Å². The maximum atomic E-state index is 11.0. The van der Waals surface area contributed by atoms with Gasteiger partial charge in [-0.3, -0.25) is 4.79 Å². The fraction of sp³-hybridized carbons (Fsp3) is 0.231. The van der Waals surface area contributed by atoms with Crippen LogP contribution in [0.2, 0.25) is 0 Å². The van der Waals surface area contributed by atoms with Gasteiger partial charge in [0.1, 0.15) is 5.76 Å². The number of hydrogen-bond acceptors (Lipinski definition) is 8. The monoisotopic (exact) mass is 336 g/mol. The van der Waals surface area contributed by atoms with Crippen molar-refractivity contribution >= 4 is 34.1 Å². The highest BCUT2D eigenvalue weighted by molar-refractivity contribution is 7.98. The number of nitrogens with zero attached hydrogens (tertiary/aromatic N) is 3. The van der Waals surface area contributed by atoms with Gasteiger partial charge in [0.15, 0.2) is 5.13 Å². The molecule has 22 heavy (non-hydrogen) atoms. The predicted molar refractivity (Wildman–Crippen MR) is 82.7 cm³/mol. The Kier molecular flexibility index (Phi) is 4.25. The summed E-state index contributed by atoms with van der Waals surface area (Å²) in [5.74, 6) is 1.62. The standard InChI is InChI=1S/C13H12N4O3S2/c1-7-10(3-4-19-7)11-16-17-13(20-11)22-6-9-5-21-12(15-9)14-8(2)18/h3-5H,6H2,1-2H3,(H,14,15,18). The average molecular weight is 336 g/mol. The lowest BCUT2D eigenvalue weighted by Gasteiger charge is -1.94. The smallest absolute Gasteiger partial charge is 0.277 e. The molecular weight excluding hydrogens is 324 g/mol. The first-order chi connectivity index (χ1) is 10.6. The lowest BCUT2D eigenvalue weighted by Crippen LogP contribution is -2.05. The van der Waals surface area contributed by atoms with Crippen LogP contribution in [0, 0.1) is 6.92 Å². The number of carbonyl (C=O) groups is 1. The molecule has 0 radical (unpaired) electrons. The van der Waals surface area contributed by atoms with Gasteiger partial charge in [-0.15, -0.1) is 21.5 Å². The van der Waals surface area contributed by atoms with Crippen molar-refractivity contribution in [3.8, 4) is 11.5 Å². The van der Waals surface area contributed by atoms with Gasteiger partial charge < -0.3 is 14.2 Å². The number of nitrogens with one attached hydrogen (secondary N) is 1. The van der Waals surface area contributed by atoms with E-state index in [0.29, 0.717) is 22.0 Å². The lowest BCUT2D eigenvalue weighted by atomic mass is 10.3. The third-order valence-electron chi connectivity index (χ3n) is 2.67. The zero-order valence-electron chi connectivity index (χ0n) is 11.8. The van der Waals surface area contributed by atoms with Gasteiger partial charge in [-0.05, 0) is 13.0 Å². The lowest BCUT2D eigenvalue weighted by molar-refractivity contribution is -0.114.